The third kappa shape index (κ3) is 4.59. The van der Waals surface area contributed by atoms with Gasteiger partial charge in [-0.3, -0.25) is 9.97 Å². The van der Waals surface area contributed by atoms with Crippen LogP contribution in [0.4, 0.5) is 5.69 Å². The number of anilines is 1. The van der Waals surface area contributed by atoms with Crippen molar-refractivity contribution in [1.29, 1.82) is 5.26 Å². The van der Waals surface area contributed by atoms with Gasteiger partial charge in [-0.05, 0) is 70.9 Å². The van der Waals surface area contributed by atoms with Gasteiger partial charge in [0.15, 0.2) is 0 Å². The molecule has 4 heterocycles. The molecule has 0 unspecified atom stereocenters. The molecular formula is C25H34N6O. The molecule has 3 saturated heterocycles. The molecule has 1 aromatic carbocycles. The van der Waals surface area contributed by atoms with E-state index in [9.17, 15) is 5.26 Å². The molecule has 3 aliphatic heterocycles. The van der Waals surface area contributed by atoms with E-state index in [1.807, 2.05) is 12.1 Å². The molecule has 2 aromatic rings. The van der Waals surface area contributed by atoms with Crippen molar-refractivity contribution in [3.05, 3.63) is 30.1 Å². The van der Waals surface area contributed by atoms with Crippen LogP contribution in [0.3, 0.4) is 0 Å². The first-order valence-corrected chi connectivity index (χ1v) is 12.2. The third-order valence-corrected chi connectivity index (χ3v) is 7.32. The molecule has 3 aliphatic rings. The average Bonchev–Trinajstić information content (AvgIpc) is 2.84. The predicted octanol–water partition coefficient (Wildman–Crippen LogP) is 3.05. The molecule has 0 spiro atoms. The molecule has 7 heteroatoms. The zero-order valence-corrected chi connectivity index (χ0v) is 19.1. The molecule has 0 aliphatic carbocycles. The van der Waals surface area contributed by atoms with Crippen LogP contribution in [0.2, 0.25) is 0 Å². The van der Waals surface area contributed by atoms with E-state index in [2.05, 4.69) is 37.7 Å². The normalized spacial score (nSPS) is 26.3. The second-order valence-corrected chi connectivity index (χ2v) is 9.60. The standard InChI is InChI=1S/C25H34N6O/c1-19-16-31(23-6-5-20(15-26)24-25(23)28-10-9-27-24)18-22(32-19)17-29-13-7-21(8-14-29)30-11-3-2-4-12-30/h5-6,9-10,19,21-22H,2-4,7-8,11-14,16-18H2,1H3/t19-,22+/m1/s1. The zero-order chi connectivity index (χ0) is 21.9. The molecule has 2 atom stereocenters. The first kappa shape index (κ1) is 21.6. The lowest BCUT2D eigenvalue weighted by Gasteiger charge is -2.43. The number of hydrogen-bond acceptors (Lipinski definition) is 7. The van der Waals surface area contributed by atoms with Crippen LogP contribution in [0, 0.1) is 11.3 Å². The van der Waals surface area contributed by atoms with Gasteiger partial charge in [0.05, 0.1) is 23.5 Å². The fourth-order valence-corrected chi connectivity index (χ4v) is 5.77. The highest BCUT2D eigenvalue weighted by Gasteiger charge is 2.31. The Morgan fingerprint density at radius 2 is 1.75 bits per heavy atom. The zero-order valence-electron chi connectivity index (χ0n) is 19.1. The smallest absolute Gasteiger partial charge is 0.113 e. The van der Waals surface area contributed by atoms with Crippen LogP contribution < -0.4 is 4.90 Å². The van der Waals surface area contributed by atoms with Gasteiger partial charge >= 0.3 is 0 Å². The van der Waals surface area contributed by atoms with Gasteiger partial charge < -0.3 is 19.4 Å². The molecule has 32 heavy (non-hydrogen) atoms. The van der Waals surface area contributed by atoms with Crippen molar-refractivity contribution >= 4 is 16.7 Å². The van der Waals surface area contributed by atoms with E-state index in [-0.39, 0.29) is 12.2 Å². The van der Waals surface area contributed by atoms with Crippen LogP contribution in [-0.4, -0.2) is 83.8 Å². The van der Waals surface area contributed by atoms with Gasteiger partial charge in [0.25, 0.3) is 0 Å². The van der Waals surface area contributed by atoms with Gasteiger partial charge in [0.2, 0.25) is 0 Å². The van der Waals surface area contributed by atoms with Gasteiger partial charge in [-0.2, -0.15) is 5.26 Å². The Kier molecular flexibility index (Phi) is 6.54. The molecule has 0 saturated carbocycles. The summed E-state index contributed by atoms with van der Waals surface area (Å²) < 4.78 is 6.36. The number of aromatic nitrogens is 2. The van der Waals surface area contributed by atoms with E-state index in [4.69, 9.17) is 4.74 Å². The number of benzene rings is 1. The number of nitriles is 1. The quantitative estimate of drug-likeness (QED) is 0.733. The molecule has 3 fully saturated rings. The Labute approximate surface area is 191 Å². The fourth-order valence-electron chi connectivity index (χ4n) is 5.77. The summed E-state index contributed by atoms with van der Waals surface area (Å²) in [5.74, 6) is 0. The van der Waals surface area contributed by atoms with E-state index < -0.39 is 0 Å². The SMILES string of the molecule is C[C@@H]1CN(c2ccc(C#N)c3nccnc23)C[C@H](CN2CCC(N3CCCCC3)CC2)O1. The van der Waals surface area contributed by atoms with Gasteiger partial charge in [-0.1, -0.05) is 6.42 Å². The highest BCUT2D eigenvalue weighted by Crippen LogP contribution is 2.29. The Morgan fingerprint density at radius 1 is 1.00 bits per heavy atom. The number of rotatable bonds is 4. The molecule has 5 rings (SSSR count). The number of likely N-dealkylation sites (tertiary alicyclic amines) is 2. The van der Waals surface area contributed by atoms with Gasteiger partial charge in [-0.25, -0.2) is 0 Å². The van der Waals surface area contributed by atoms with Crippen LogP contribution in [0.5, 0.6) is 0 Å². The summed E-state index contributed by atoms with van der Waals surface area (Å²) in [5, 5.41) is 9.45. The lowest BCUT2D eigenvalue weighted by atomic mass is 9.99. The van der Waals surface area contributed by atoms with Gasteiger partial charge in [-0.15, -0.1) is 0 Å². The Balaban J connectivity index is 1.24. The second kappa shape index (κ2) is 9.70. The van der Waals surface area contributed by atoms with E-state index in [0.717, 1.165) is 36.9 Å². The van der Waals surface area contributed by atoms with Crippen LogP contribution in [0.1, 0.15) is 44.6 Å². The summed E-state index contributed by atoms with van der Waals surface area (Å²) in [4.78, 5) is 16.7. The maximum absolute atomic E-state index is 9.45. The van der Waals surface area contributed by atoms with Crippen molar-refractivity contribution in [2.45, 2.75) is 57.3 Å². The van der Waals surface area contributed by atoms with Crippen molar-refractivity contribution in [2.75, 3.05) is 50.7 Å². The minimum atomic E-state index is 0.155. The monoisotopic (exact) mass is 434 g/mol. The Hall–Kier alpha value is -2.27. The molecule has 0 bridgehead atoms. The number of morpholine rings is 1. The van der Waals surface area contributed by atoms with E-state index in [0.29, 0.717) is 11.1 Å². The number of nitrogens with zero attached hydrogens (tertiary/aromatic N) is 6. The lowest BCUT2D eigenvalue weighted by Crippen LogP contribution is -2.53. The third-order valence-electron chi connectivity index (χ3n) is 7.32. The Bertz CT molecular complexity index is 961. The van der Waals surface area contributed by atoms with Crippen LogP contribution in [-0.2, 0) is 4.74 Å². The van der Waals surface area contributed by atoms with E-state index >= 15 is 0 Å². The fraction of sp³-hybridized carbons (Fsp3) is 0.640. The summed E-state index contributed by atoms with van der Waals surface area (Å²) in [6.07, 6.45) is 10.4. The minimum Gasteiger partial charge on any atom is -0.370 e. The average molecular weight is 435 g/mol. The predicted molar refractivity (Wildman–Crippen MR) is 126 cm³/mol. The topological polar surface area (TPSA) is 68.5 Å². The van der Waals surface area contributed by atoms with Crippen LogP contribution >= 0.6 is 0 Å². The van der Waals surface area contributed by atoms with E-state index in [1.54, 1.807) is 12.4 Å². The summed E-state index contributed by atoms with van der Waals surface area (Å²) in [6.45, 7) is 9.72. The number of fused-ring (bicyclic) bond motifs is 1. The Morgan fingerprint density at radius 3 is 2.50 bits per heavy atom. The number of piperidine rings is 2. The van der Waals surface area contributed by atoms with Crippen molar-refractivity contribution in [3.63, 3.8) is 0 Å². The first-order valence-electron chi connectivity index (χ1n) is 12.2. The summed E-state index contributed by atoms with van der Waals surface area (Å²) in [6, 6.07) is 6.91. The van der Waals surface area contributed by atoms with E-state index in [1.165, 1.54) is 58.3 Å². The van der Waals surface area contributed by atoms with Gasteiger partial charge in [0, 0.05) is 38.1 Å². The van der Waals surface area contributed by atoms with Gasteiger partial charge in [0.1, 0.15) is 17.1 Å². The minimum absolute atomic E-state index is 0.155. The summed E-state index contributed by atoms with van der Waals surface area (Å²) in [7, 11) is 0. The second-order valence-electron chi connectivity index (χ2n) is 9.60. The van der Waals surface area contributed by atoms with Crippen molar-refractivity contribution < 1.29 is 4.74 Å². The largest absolute Gasteiger partial charge is 0.370 e. The molecule has 0 radical (unpaired) electrons. The summed E-state index contributed by atoms with van der Waals surface area (Å²) in [5.41, 5.74) is 3.12. The number of ether oxygens (including phenoxy) is 1. The first-order chi connectivity index (χ1) is 15.7. The van der Waals surface area contributed by atoms with Crippen LogP contribution in [0.25, 0.3) is 11.0 Å². The highest BCUT2D eigenvalue weighted by molar-refractivity contribution is 5.92. The summed E-state index contributed by atoms with van der Waals surface area (Å²) >= 11 is 0. The maximum Gasteiger partial charge on any atom is 0.113 e. The lowest BCUT2D eigenvalue weighted by molar-refractivity contribution is -0.0380. The maximum atomic E-state index is 9.45. The van der Waals surface area contributed by atoms with Crippen molar-refractivity contribution in [2.24, 2.45) is 0 Å². The van der Waals surface area contributed by atoms with Crippen molar-refractivity contribution in [1.82, 2.24) is 19.8 Å². The number of hydrogen-bond donors (Lipinski definition) is 0. The molecule has 170 valence electrons. The molecule has 7 nitrogen and oxygen atoms in total. The van der Waals surface area contributed by atoms with Crippen LogP contribution in [0.15, 0.2) is 24.5 Å². The highest BCUT2D eigenvalue weighted by atomic mass is 16.5. The molecule has 1 aromatic heterocycles. The van der Waals surface area contributed by atoms with Crippen molar-refractivity contribution in [3.8, 4) is 6.07 Å². The molecule has 0 N–H and O–H groups in total. The molecular weight excluding hydrogens is 400 g/mol. The molecule has 0 amide bonds.